The molecule has 1 fully saturated rings. The second kappa shape index (κ2) is 7.20. The van der Waals surface area contributed by atoms with E-state index < -0.39 is 0 Å². The van der Waals surface area contributed by atoms with Crippen LogP contribution in [0.3, 0.4) is 0 Å². The van der Waals surface area contributed by atoms with Crippen molar-refractivity contribution in [1.29, 1.82) is 0 Å². The Kier molecular flexibility index (Phi) is 5.31. The molecule has 0 aromatic carbocycles. The van der Waals surface area contributed by atoms with E-state index in [9.17, 15) is 0 Å². The lowest BCUT2D eigenvalue weighted by Gasteiger charge is -2.28. The minimum absolute atomic E-state index is 0.0707. The van der Waals surface area contributed by atoms with Crippen molar-refractivity contribution in [3.8, 4) is 0 Å². The summed E-state index contributed by atoms with van der Waals surface area (Å²) in [5, 5.41) is 12.1. The summed E-state index contributed by atoms with van der Waals surface area (Å²) in [7, 11) is 1.78. The summed E-state index contributed by atoms with van der Waals surface area (Å²) >= 11 is 0. The lowest BCUT2D eigenvalue weighted by molar-refractivity contribution is 0.122. The SMILES string of the molecule is CCN(CCO)c1nc(NC)nc(N2CCOCC2)n1. The number of morpholine rings is 1. The molecule has 1 aromatic heterocycles. The number of rotatable bonds is 6. The molecule has 20 heavy (non-hydrogen) atoms. The highest BCUT2D eigenvalue weighted by Gasteiger charge is 2.18. The first kappa shape index (κ1) is 14.7. The Hall–Kier alpha value is -1.67. The molecule has 1 aliphatic heterocycles. The van der Waals surface area contributed by atoms with Gasteiger partial charge in [0.05, 0.1) is 19.8 Å². The van der Waals surface area contributed by atoms with Crippen molar-refractivity contribution in [1.82, 2.24) is 15.0 Å². The monoisotopic (exact) mass is 282 g/mol. The number of nitrogens with one attached hydrogen (secondary N) is 1. The number of aliphatic hydroxyl groups is 1. The van der Waals surface area contributed by atoms with Crippen LogP contribution < -0.4 is 15.1 Å². The molecule has 2 rings (SSSR count). The first-order chi connectivity index (χ1) is 9.78. The average Bonchev–Trinajstić information content (AvgIpc) is 2.53. The van der Waals surface area contributed by atoms with Gasteiger partial charge in [-0.05, 0) is 6.92 Å². The molecule has 0 atom stereocenters. The quantitative estimate of drug-likeness (QED) is 0.727. The Balaban J connectivity index is 2.27. The van der Waals surface area contributed by atoms with Gasteiger partial charge in [0.2, 0.25) is 17.8 Å². The summed E-state index contributed by atoms with van der Waals surface area (Å²) < 4.78 is 5.34. The number of aromatic nitrogens is 3. The van der Waals surface area contributed by atoms with Gasteiger partial charge < -0.3 is 25.0 Å². The molecule has 1 aromatic rings. The fourth-order valence-corrected chi connectivity index (χ4v) is 2.03. The highest BCUT2D eigenvalue weighted by molar-refractivity contribution is 5.45. The fourth-order valence-electron chi connectivity index (χ4n) is 2.03. The Labute approximate surface area is 118 Å². The number of hydrogen-bond acceptors (Lipinski definition) is 8. The van der Waals surface area contributed by atoms with Crippen molar-refractivity contribution >= 4 is 17.8 Å². The van der Waals surface area contributed by atoms with Crippen LogP contribution in [0.5, 0.6) is 0 Å². The Morgan fingerprint density at radius 3 is 2.65 bits per heavy atom. The van der Waals surface area contributed by atoms with E-state index >= 15 is 0 Å². The molecule has 2 heterocycles. The summed E-state index contributed by atoms with van der Waals surface area (Å²) in [6, 6.07) is 0. The lowest BCUT2D eigenvalue weighted by atomic mass is 10.4. The van der Waals surface area contributed by atoms with Crippen LogP contribution in [0.15, 0.2) is 0 Å². The summed E-state index contributed by atoms with van der Waals surface area (Å²) in [5.41, 5.74) is 0. The molecule has 0 unspecified atom stereocenters. The third-order valence-corrected chi connectivity index (χ3v) is 3.16. The van der Waals surface area contributed by atoms with Crippen LogP contribution >= 0.6 is 0 Å². The smallest absolute Gasteiger partial charge is 0.232 e. The number of likely N-dealkylation sites (N-methyl/N-ethyl adjacent to an activating group) is 1. The molecule has 0 bridgehead atoms. The minimum atomic E-state index is 0.0707. The second-order valence-electron chi connectivity index (χ2n) is 4.41. The molecule has 0 radical (unpaired) electrons. The minimum Gasteiger partial charge on any atom is -0.395 e. The topological polar surface area (TPSA) is 86.6 Å². The largest absolute Gasteiger partial charge is 0.395 e. The van der Waals surface area contributed by atoms with E-state index in [4.69, 9.17) is 9.84 Å². The van der Waals surface area contributed by atoms with Gasteiger partial charge in [0, 0.05) is 33.2 Å². The van der Waals surface area contributed by atoms with Gasteiger partial charge in [0.15, 0.2) is 0 Å². The van der Waals surface area contributed by atoms with Crippen molar-refractivity contribution in [2.45, 2.75) is 6.92 Å². The van der Waals surface area contributed by atoms with Gasteiger partial charge in [0.25, 0.3) is 0 Å². The average molecular weight is 282 g/mol. The molecule has 0 amide bonds. The molecule has 1 saturated heterocycles. The summed E-state index contributed by atoms with van der Waals surface area (Å²) in [6.45, 7) is 6.24. The zero-order chi connectivity index (χ0) is 14.4. The summed E-state index contributed by atoms with van der Waals surface area (Å²) in [4.78, 5) is 17.3. The van der Waals surface area contributed by atoms with Crippen LogP contribution in [0.2, 0.25) is 0 Å². The van der Waals surface area contributed by atoms with Crippen molar-refractivity contribution in [3.05, 3.63) is 0 Å². The molecule has 1 aliphatic rings. The first-order valence-corrected chi connectivity index (χ1v) is 6.90. The van der Waals surface area contributed by atoms with Crippen molar-refractivity contribution in [2.24, 2.45) is 0 Å². The van der Waals surface area contributed by atoms with Crippen LogP contribution in [-0.2, 0) is 4.74 Å². The van der Waals surface area contributed by atoms with E-state index in [1.54, 1.807) is 7.05 Å². The molecular weight excluding hydrogens is 260 g/mol. The van der Waals surface area contributed by atoms with E-state index in [1.165, 1.54) is 0 Å². The van der Waals surface area contributed by atoms with Crippen LogP contribution in [0, 0.1) is 0 Å². The van der Waals surface area contributed by atoms with E-state index in [0.29, 0.717) is 37.6 Å². The van der Waals surface area contributed by atoms with Gasteiger partial charge in [-0.1, -0.05) is 0 Å². The van der Waals surface area contributed by atoms with Crippen LogP contribution in [-0.4, -0.2) is 73.1 Å². The van der Waals surface area contributed by atoms with Crippen molar-refractivity contribution in [3.63, 3.8) is 0 Å². The predicted octanol–water partition coefficient (Wildman–Crippen LogP) is -0.431. The molecule has 8 nitrogen and oxygen atoms in total. The van der Waals surface area contributed by atoms with Gasteiger partial charge in [-0.2, -0.15) is 15.0 Å². The Morgan fingerprint density at radius 1 is 1.30 bits per heavy atom. The highest BCUT2D eigenvalue weighted by atomic mass is 16.5. The maximum atomic E-state index is 9.12. The van der Waals surface area contributed by atoms with Gasteiger partial charge in [-0.25, -0.2) is 0 Å². The zero-order valence-electron chi connectivity index (χ0n) is 12.0. The third kappa shape index (κ3) is 3.45. The van der Waals surface area contributed by atoms with E-state index in [0.717, 1.165) is 19.6 Å². The fraction of sp³-hybridized carbons (Fsp3) is 0.750. The van der Waals surface area contributed by atoms with Gasteiger partial charge in [-0.15, -0.1) is 0 Å². The van der Waals surface area contributed by atoms with E-state index in [1.807, 2.05) is 11.8 Å². The Bertz CT molecular complexity index is 401. The maximum Gasteiger partial charge on any atom is 0.232 e. The predicted molar refractivity (Wildman–Crippen MR) is 77.4 cm³/mol. The van der Waals surface area contributed by atoms with Crippen LogP contribution in [0.4, 0.5) is 17.8 Å². The third-order valence-electron chi connectivity index (χ3n) is 3.16. The van der Waals surface area contributed by atoms with Crippen molar-refractivity contribution < 1.29 is 9.84 Å². The molecule has 8 heteroatoms. The van der Waals surface area contributed by atoms with E-state index in [2.05, 4.69) is 25.2 Å². The van der Waals surface area contributed by atoms with Crippen molar-refractivity contribution in [2.75, 3.05) is 68.2 Å². The summed E-state index contributed by atoms with van der Waals surface area (Å²) in [6.07, 6.45) is 0. The number of hydrogen-bond donors (Lipinski definition) is 2. The molecule has 0 aliphatic carbocycles. The van der Waals surface area contributed by atoms with Gasteiger partial charge >= 0.3 is 0 Å². The van der Waals surface area contributed by atoms with Gasteiger partial charge in [0.1, 0.15) is 0 Å². The molecule has 0 saturated carbocycles. The molecule has 0 spiro atoms. The normalized spacial score (nSPS) is 15.2. The van der Waals surface area contributed by atoms with Crippen LogP contribution in [0.25, 0.3) is 0 Å². The Morgan fingerprint density at radius 2 is 2.05 bits per heavy atom. The number of anilines is 3. The number of ether oxygens (including phenoxy) is 1. The first-order valence-electron chi connectivity index (χ1n) is 6.90. The van der Waals surface area contributed by atoms with Crippen LogP contribution in [0.1, 0.15) is 6.92 Å². The molecular formula is C12H22N6O2. The number of aliphatic hydroxyl groups excluding tert-OH is 1. The van der Waals surface area contributed by atoms with Gasteiger partial charge in [-0.3, -0.25) is 0 Å². The number of nitrogens with zero attached hydrogens (tertiary/aromatic N) is 5. The maximum absolute atomic E-state index is 9.12. The highest BCUT2D eigenvalue weighted by Crippen LogP contribution is 2.17. The zero-order valence-corrected chi connectivity index (χ0v) is 12.0. The standard InChI is InChI=1S/C12H22N6O2/c1-3-17(4-7-19)11-14-10(13-2)15-12(16-11)18-5-8-20-9-6-18/h19H,3-9H2,1-2H3,(H,13,14,15,16). The van der Waals surface area contributed by atoms with E-state index in [-0.39, 0.29) is 6.61 Å². The molecule has 2 N–H and O–H groups in total. The molecule has 112 valence electrons. The second-order valence-corrected chi connectivity index (χ2v) is 4.41. The lowest BCUT2D eigenvalue weighted by Crippen LogP contribution is -2.38. The summed E-state index contributed by atoms with van der Waals surface area (Å²) in [5.74, 6) is 1.77.